The van der Waals surface area contributed by atoms with Gasteiger partial charge in [0.05, 0.1) is 6.10 Å². The molecule has 0 aliphatic carbocycles. The van der Waals surface area contributed by atoms with E-state index >= 15 is 0 Å². The molecule has 5 heteroatoms. The van der Waals surface area contributed by atoms with Crippen LogP contribution in [0.25, 0.3) is 0 Å². The maximum Gasteiger partial charge on any atom is 0.260 e. The quantitative estimate of drug-likeness (QED) is 0.434. The van der Waals surface area contributed by atoms with Crippen LogP contribution in [-0.4, -0.2) is 34.6 Å². The molecule has 1 aliphatic heterocycles. The summed E-state index contributed by atoms with van der Waals surface area (Å²) in [6.45, 7) is 3.08. The molecule has 0 aromatic heterocycles. The van der Waals surface area contributed by atoms with Gasteiger partial charge in [-0.2, -0.15) is 0 Å². The van der Waals surface area contributed by atoms with Gasteiger partial charge in [0, 0.05) is 6.42 Å². The summed E-state index contributed by atoms with van der Waals surface area (Å²) >= 11 is 0. The average Bonchev–Trinajstić information content (AvgIpc) is 2.78. The molecule has 0 radical (unpaired) electrons. The zero-order valence-electron chi connectivity index (χ0n) is 7.61. The van der Waals surface area contributed by atoms with E-state index in [9.17, 15) is 9.59 Å². The lowest BCUT2D eigenvalue weighted by Gasteiger charge is -2.06. The van der Waals surface area contributed by atoms with Crippen LogP contribution < -0.4 is 5.73 Å². The summed E-state index contributed by atoms with van der Waals surface area (Å²) in [5, 5.41) is 9.14. The molecular formula is C8H13NO4. The number of rotatable bonds is 4. The molecule has 3 N–H and O–H groups in total. The Hall–Kier alpha value is -0.940. The van der Waals surface area contributed by atoms with Crippen LogP contribution in [0.1, 0.15) is 20.3 Å². The highest BCUT2D eigenvalue weighted by Crippen LogP contribution is 2.40. The van der Waals surface area contributed by atoms with Crippen molar-refractivity contribution in [2.75, 3.05) is 0 Å². The van der Waals surface area contributed by atoms with Crippen LogP contribution in [0, 0.1) is 0 Å². The smallest absolute Gasteiger partial charge is 0.260 e. The van der Waals surface area contributed by atoms with Crippen molar-refractivity contribution in [1.82, 2.24) is 0 Å². The third-order valence-electron chi connectivity index (χ3n) is 2.20. The number of hydrogen-bond donors (Lipinski definition) is 2. The number of nitrogens with two attached hydrogens (primary N) is 1. The Balaban J connectivity index is 2.84. The molecule has 0 bridgehead atoms. The number of Topliss-reactive ketones (excluding diaryl/α,β-unsaturated/α-hetero) is 1. The molecule has 0 spiro atoms. The predicted octanol–water partition coefficient (Wildman–Crippen LogP) is -1.03. The van der Waals surface area contributed by atoms with Gasteiger partial charge in [0.2, 0.25) is 5.60 Å². The number of ether oxygens (including phenoxy) is 1. The number of carbonyl (C=O) groups is 2. The molecule has 0 saturated carbocycles. The lowest BCUT2D eigenvalue weighted by Crippen LogP contribution is -2.43. The molecule has 3 atom stereocenters. The van der Waals surface area contributed by atoms with E-state index in [2.05, 4.69) is 0 Å². The number of carbonyl (C=O) groups excluding carboxylic acids is 2. The van der Waals surface area contributed by atoms with E-state index < -0.39 is 23.7 Å². The van der Waals surface area contributed by atoms with Crippen molar-refractivity contribution in [3.63, 3.8) is 0 Å². The van der Waals surface area contributed by atoms with Gasteiger partial charge in [-0.25, -0.2) is 0 Å². The predicted molar refractivity (Wildman–Crippen MR) is 43.8 cm³/mol. The molecule has 5 nitrogen and oxygen atoms in total. The first-order chi connectivity index (χ1) is 5.96. The van der Waals surface area contributed by atoms with E-state index in [0.29, 0.717) is 0 Å². The Labute approximate surface area is 75.9 Å². The summed E-state index contributed by atoms with van der Waals surface area (Å²) in [6, 6.07) is 0. The Morgan fingerprint density at radius 1 is 1.69 bits per heavy atom. The fraction of sp³-hybridized carbons (Fsp3) is 0.750. The average molecular weight is 187 g/mol. The van der Waals surface area contributed by atoms with E-state index in [1.54, 1.807) is 6.92 Å². The van der Waals surface area contributed by atoms with Gasteiger partial charge in [-0.15, -0.1) is 0 Å². The van der Waals surface area contributed by atoms with E-state index in [1.807, 2.05) is 0 Å². The Morgan fingerprint density at radius 2 is 2.23 bits per heavy atom. The Kier molecular flexibility index (Phi) is 2.40. The molecule has 1 rings (SSSR count). The van der Waals surface area contributed by atoms with Crippen LogP contribution >= 0.6 is 0 Å². The second-order valence-electron chi connectivity index (χ2n) is 3.16. The third-order valence-corrected chi connectivity index (χ3v) is 2.20. The standard InChI is InChI=1S/C8H13NO4/c1-3-5(11)8(7(9)12)6(13-8)4(2)10/h4,6,10H,3H2,1-2H3,(H2,9,12). The monoisotopic (exact) mass is 187 g/mol. The number of aliphatic hydroxyl groups excluding tert-OH is 1. The third kappa shape index (κ3) is 1.34. The van der Waals surface area contributed by atoms with E-state index in [0.717, 1.165) is 0 Å². The molecule has 1 fully saturated rings. The molecule has 0 aromatic carbocycles. The first-order valence-corrected chi connectivity index (χ1v) is 4.15. The molecule has 1 amide bonds. The maximum absolute atomic E-state index is 11.3. The second-order valence-corrected chi connectivity index (χ2v) is 3.16. The number of epoxide rings is 1. The minimum absolute atomic E-state index is 0.173. The zero-order valence-corrected chi connectivity index (χ0v) is 7.61. The fourth-order valence-electron chi connectivity index (χ4n) is 1.43. The molecule has 3 unspecified atom stereocenters. The van der Waals surface area contributed by atoms with Gasteiger partial charge in [0.25, 0.3) is 5.91 Å². The lowest BCUT2D eigenvalue weighted by atomic mass is 9.95. The topological polar surface area (TPSA) is 92.9 Å². The number of ketones is 1. The van der Waals surface area contributed by atoms with Crippen molar-refractivity contribution in [3.05, 3.63) is 0 Å². The van der Waals surface area contributed by atoms with Crippen LogP contribution in [0.15, 0.2) is 0 Å². The van der Waals surface area contributed by atoms with Gasteiger partial charge in [0.15, 0.2) is 5.78 Å². The molecular weight excluding hydrogens is 174 g/mol. The number of amides is 1. The van der Waals surface area contributed by atoms with Gasteiger partial charge in [-0.1, -0.05) is 6.92 Å². The minimum atomic E-state index is -1.55. The van der Waals surface area contributed by atoms with E-state index in [1.165, 1.54) is 6.92 Å². The van der Waals surface area contributed by atoms with E-state index in [-0.39, 0.29) is 12.2 Å². The molecule has 1 heterocycles. The highest BCUT2D eigenvalue weighted by atomic mass is 16.6. The first-order valence-electron chi connectivity index (χ1n) is 4.15. The first kappa shape index (κ1) is 10.1. The largest absolute Gasteiger partial charge is 0.391 e. The van der Waals surface area contributed by atoms with E-state index in [4.69, 9.17) is 15.6 Å². The maximum atomic E-state index is 11.3. The minimum Gasteiger partial charge on any atom is -0.391 e. The van der Waals surface area contributed by atoms with Crippen molar-refractivity contribution >= 4 is 11.7 Å². The summed E-state index contributed by atoms with van der Waals surface area (Å²) in [5.41, 5.74) is 3.49. The van der Waals surface area contributed by atoms with Crippen molar-refractivity contribution < 1.29 is 19.4 Å². The SMILES string of the molecule is CCC(=O)C1(C(N)=O)OC1C(C)O. The molecule has 74 valence electrons. The fourth-order valence-corrected chi connectivity index (χ4v) is 1.43. The zero-order chi connectivity index (χ0) is 10.2. The molecule has 13 heavy (non-hydrogen) atoms. The van der Waals surface area contributed by atoms with Gasteiger partial charge in [-0.05, 0) is 6.92 Å². The van der Waals surface area contributed by atoms with Crippen LogP contribution in [-0.2, 0) is 14.3 Å². The lowest BCUT2D eigenvalue weighted by molar-refractivity contribution is -0.133. The number of primary amides is 1. The van der Waals surface area contributed by atoms with Crippen molar-refractivity contribution in [2.45, 2.75) is 38.1 Å². The van der Waals surface area contributed by atoms with Crippen LogP contribution in [0.5, 0.6) is 0 Å². The van der Waals surface area contributed by atoms with Crippen LogP contribution in [0.3, 0.4) is 0 Å². The van der Waals surface area contributed by atoms with Gasteiger partial charge < -0.3 is 15.6 Å². The Bertz CT molecular complexity index is 251. The van der Waals surface area contributed by atoms with Crippen molar-refractivity contribution in [1.29, 1.82) is 0 Å². The molecule has 1 aliphatic rings. The van der Waals surface area contributed by atoms with Crippen LogP contribution in [0.4, 0.5) is 0 Å². The van der Waals surface area contributed by atoms with Gasteiger partial charge >= 0.3 is 0 Å². The number of aliphatic hydroxyl groups is 1. The number of hydrogen-bond acceptors (Lipinski definition) is 4. The normalized spacial score (nSPS) is 33.9. The second kappa shape index (κ2) is 3.08. The van der Waals surface area contributed by atoms with Gasteiger partial charge in [-0.3, -0.25) is 9.59 Å². The summed E-state index contributed by atoms with van der Waals surface area (Å²) in [6.07, 6.45) is -1.45. The summed E-state index contributed by atoms with van der Waals surface area (Å²) < 4.78 is 4.91. The van der Waals surface area contributed by atoms with Crippen LogP contribution in [0.2, 0.25) is 0 Å². The molecule has 0 aromatic rings. The van der Waals surface area contributed by atoms with Gasteiger partial charge in [0.1, 0.15) is 6.10 Å². The highest BCUT2D eigenvalue weighted by molar-refractivity contribution is 6.12. The summed E-state index contributed by atoms with van der Waals surface area (Å²) in [4.78, 5) is 22.3. The Morgan fingerprint density at radius 3 is 2.46 bits per heavy atom. The highest BCUT2D eigenvalue weighted by Gasteiger charge is 2.68. The summed E-state index contributed by atoms with van der Waals surface area (Å²) in [5.74, 6) is -1.18. The summed E-state index contributed by atoms with van der Waals surface area (Å²) in [7, 11) is 0. The van der Waals surface area contributed by atoms with Crippen molar-refractivity contribution in [2.24, 2.45) is 5.73 Å². The molecule has 1 saturated heterocycles. The van der Waals surface area contributed by atoms with Crippen molar-refractivity contribution in [3.8, 4) is 0 Å².